The Bertz CT molecular complexity index is 514. The molecule has 0 aliphatic rings. The average Bonchev–Trinajstić information content (AvgIpc) is 2.61. The smallest absolute Gasteiger partial charge is 0.376 e. The summed E-state index contributed by atoms with van der Waals surface area (Å²) in [5.74, 6) is 0.582. The Kier molecular flexibility index (Phi) is 9.01. The zero-order valence-corrected chi connectivity index (χ0v) is 15.2. The minimum atomic E-state index is -0.631. The first kappa shape index (κ1) is 20.1. The second-order valence-corrected chi connectivity index (χ2v) is 5.53. The van der Waals surface area contributed by atoms with Gasteiger partial charge < -0.3 is 14.2 Å². The van der Waals surface area contributed by atoms with E-state index in [4.69, 9.17) is 24.0 Å². The maximum absolute atomic E-state index is 12.2. The van der Waals surface area contributed by atoms with Crippen LogP contribution in [0.1, 0.15) is 56.3 Å². The Balaban J connectivity index is 2.66. The first-order chi connectivity index (χ1) is 11.6. The predicted octanol–water partition coefficient (Wildman–Crippen LogP) is 4.16. The van der Waals surface area contributed by atoms with Crippen LogP contribution < -0.4 is 14.2 Å². The van der Waals surface area contributed by atoms with Crippen molar-refractivity contribution in [1.82, 2.24) is 0 Å². The van der Waals surface area contributed by atoms with E-state index in [0.29, 0.717) is 17.2 Å². The molecule has 1 atom stereocenters. The van der Waals surface area contributed by atoms with Crippen LogP contribution in [0.3, 0.4) is 0 Å². The van der Waals surface area contributed by atoms with Gasteiger partial charge in [0.2, 0.25) is 0 Å². The SMILES string of the molecule is CCCCCCC(C)OOC(=O)c1cc(OC)c(OC)cc1OC. The number of rotatable bonds is 11. The number of hydrogen-bond donors (Lipinski definition) is 0. The van der Waals surface area contributed by atoms with Gasteiger partial charge in [-0.15, -0.1) is 0 Å². The molecular formula is C18H28O6. The van der Waals surface area contributed by atoms with Crippen LogP contribution in [0.5, 0.6) is 17.2 Å². The fraction of sp³-hybridized carbons (Fsp3) is 0.611. The standard InChI is InChI=1S/C18H28O6/c1-6-7-8-9-10-13(2)23-24-18(19)14-11-16(21-4)17(22-5)12-15(14)20-3/h11-13H,6-10H2,1-5H3. The van der Waals surface area contributed by atoms with Gasteiger partial charge in [-0.3, -0.25) is 4.89 Å². The quantitative estimate of drug-likeness (QED) is 0.342. The van der Waals surface area contributed by atoms with Gasteiger partial charge in [0.1, 0.15) is 17.4 Å². The fourth-order valence-electron chi connectivity index (χ4n) is 2.27. The van der Waals surface area contributed by atoms with Crippen LogP contribution >= 0.6 is 0 Å². The molecule has 0 spiro atoms. The van der Waals surface area contributed by atoms with Gasteiger partial charge in [-0.25, -0.2) is 4.79 Å². The minimum Gasteiger partial charge on any atom is -0.496 e. The maximum Gasteiger partial charge on any atom is 0.376 e. The first-order valence-corrected chi connectivity index (χ1v) is 8.25. The second-order valence-electron chi connectivity index (χ2n) is 5.53. The summed E-state index contributed by atoms with van der Waals surface area (Å²) in [7, 11) is 4.47. The van der Waals surface area contributed by atoms with E-state index in [1.807, 2.05) is 6.92 Å². The van der Waals surface area contributed by atoms with Gasteiger partial charge in [0, 0.05) is 12.1 Å². The number of carbonyl (C=O) groups excluding carboxylic acids is 1. The molecule has 0 fully saturated rings. The summed E-state index contributed by atoms with van der Waals surface area (Å²) in [5, 5.41) is 0. The third-order valence-electron chi connectivity index (χ3n) is 3.68. The summed E-state index contributed by atoms with van der Waals surface area (Å²) in [6.07, 6.45) is 5.28. The number of ether oxygens (including phenoxy) is 3. The molecule has 0 bridgehead atoms. The highest BCUT2D eigenvalue weighted by Crippen LogP contribution is 2.35. The lowest BCUT2D eigenvalue weighted by Crippen LogP contribution is -2.14. The monoisotopic (exact) mass is 340 g/mol. The van der Waals surface area contributed by atoms with Crippen molar-refractivity contribution in [2.45, 2.75) is 52.1 Å². The lowest BCUT2D eigenvalue weighted by molar-refractivity contribution is -0.271. The molecule has 24 heavy (non-hydrogen) atoms. The van der Waals surface area contributed by atoms with Gasteiger partial charge in [0.25, 0.3) is 0 Å². The largest absolute Gasteiger partial charge is 0.496 e. The molecule has 0 amide bonds. The maximum atomic E-state index is 12.2. The lowest BCUT2D eigenvalue weighted by atomic mass is 10.1. The fourth-order valence-corrected chi connectivity index (χ4v) is 2.27. The summed E-state index contributed by atoms with van der Waals surface area (Å²) in [6.45, 7) is 4.04. The van der Waals surface area contributed by atoms with Crippen LogP contribution in [-0.2, 0) is 9.78 Å². The molecule has 0 saturated carbocycles. The number of benzene rings is 1. The van der Waals surface area contributed by atoms with Crippen molar-refractivity contribution >= 4 is 5.97 Å². The van der Waals surface area contributed by atoms with Crippen LogP contribution in [-0.4, -0.2) is 33.4 Å². The van der Waals surface area contributed by atoms with Crippen LogP contribution in [0, 0.1) is 0 Å². The first-order valence-electron chi connectivity index (χ1n) is 8.25. The van der Waals surface area contributed by atoms with Crippen molar-refractivity contribution in [3.05, 3.63) is 17.7 Å². The van der Waals surface area contributed by atoms with Crippen LogP contribution in [0.15, 0.2) is 12.1 Å². The molecule has 6 heteroatoms. The molecule has 1 aromatic carbocycles. The highest BCUT2D eigenvalue weighted by Gasteiger charge is 2.20. The van der Waals surface area contributed by atoms with Crippen LogP contribution in [0.25, 0.3) is 0 Å². The molecule has 6 nitrogen and oxygen atoms in total. The molecular weight excluding hydrogens is 312 g/mol. The molecule has 0 aromatic heterocycles. The Morgan fingerprint density at radius 1 is 0.958 bits per heavy atom. The second kappa shape index (κ2) is 10.8. The molecule has 0 saturated heterocycles. The molecule has 1 rings (SSSR count). The molecule has 0 heterocycles. The molecule has 0 radical (unpaired) electrons. The van der Waals surface area contributed by atoms with E-state index in [2.05, 4.69) is 6.92 Å². The van der Waals surface area contributed by atoms with Crippen LogP contribution in [0.4, 0.5) is 0 Å². The van der Waals surface area contributed by atoms with Crippen LogP contribution in [0.2, 0.25) is 0 Å². The van der Waals surface area contributed by atoms with E-state index in [-0.39, 0.29) is 11.7 Å². The molecule has 0 aliphatic heterocycles. The normalized spacial score (nSPS) is 11.7. The third-order valence-corrected chi connectivity index (χ3v) is 3.68. The van der Waals surface area contributed by atoms with E-state index in [0.717, 1.165) is 19.3 Å². The Morgan fingerprint density at radius 3 is 2.17 bits per heavy atom. The van der Waals surface area contributed by atoms with Crippen molar-refractivity contribution in [3.63, 3.8) is 0 Å². The van der Waals surface area contributed by atoms with Crippen molar-refractivity contribution in [1.29, 1.82) is 0 Å². The van der Waals surface area contributed by atoms with Crippen molar-refractivity contribution in [2.24, 2.45) is 0 Å². The zero-order valence-electron chi connectivity index (χ0n) is 15.2. The van der Waals surface area contributed by atoms with Gasteiger partial charge in [0.15, 0.2) is 11.5 Å². The summed E-state index contributed by atoms with van der Waals surface area (Å²) >= 11 is 0. The minimum absolute atomic E-state index is 0.156. The summed E-state index contributed by atoms with van der Waals surface area (Å²) in [6, 6.07) is 3.08. The Hall–Kier alpha value is -1.95. The van der Waals surface area contributed by atoms with E-state index in [1.54, 1.807) is 6.07 Å². The number of unbranched alkanes of at least 4 members (excludes halogenated alkanes) is 3. The van der Waals surface area contributed by atoms with Crippen molar-refractivity contribution < 1.29 is 28.8 Å². The summed E-state index contributed by atoms with van der Waals surface area (Å²) in [4.78, 5) is 22.4. The van der Waals surface area contributed by atoms with E-state index in [1.165, 1.54) is 40.2 Å². The third kappa shape index (κ3) is 5.92. The van der Waals surface area contributed by atoms with Gasteiger partial charge in [0.05, 0.1) is 21.3 Å². The summed E-state index contributed by atoms with van der Waals surface area (Å²) < 4.78 is 15.6. The number of methoxy groups -OCH3 is 3. The predicted molar refractivity (Wildman–Crippen MR) is 90.8 cm³/mol. The van der Waals surface area contributed by atoms with Crippen molar-refractivity contribution in [3.8, 4) is 17.2 Å². The molecule has 0 N–H and O–H groups in total. The van der Waals surface area contributed by atoms with E-state index in [9.17, 15) is 4.79 Å². The zero-order chi connectivity index (χ0) is 17.9. The van der Waals surface area contributed by atoms with E-state index >= 15 is 0 Å². The lowest BCUT2D eigenvalue weighted by Gasteiger charge is -2.14. The van der Waals surface area contributed by atoms with Gasteiger partial charge in [-0.05, 0) is 13.3 Å². The number of hydrogen-bond acceptors (Lipinski definition) is 6. The Labute approximate surface area is 143 Å². The van der Waals surface area contributed by atoms with Gasteiger partial charge >= 0.3 is 5.97 Å². The molecule has 0 aliphatic carbocycles. The van der Waals surface area contributed by atoms with Gasteiger partial charge in [-0.2, -0.15) is 4.89 Å². The Morgan fingerprint density at radius 2 is 1.58 bits per heavy atom. The van der Waals surface area contributed by atoms with Crippen molar-refractivity contribution in [2.75, 3.05) is 21.3 Å². The molecule has 1 aromatic rings. The topological polar surface area (TPSA) is 63.2 Å². The summed E-state index contributed by atoms with van der Waals surface area (Å²) in [5.41, 5.74) is 0.216. The van der Waals surface area contributed by atoms with Gasteiger partial charge in [-0.1, -0.05) is 32.6 Å². The molecule has 136 valence electrons. The highest BCUT2D eigenvalue weighted by atomic mass is 17.2. The molecule has 1 unspecified atom stereocenters. The highest BCUT2D eigenvalue weighted by molar-refractivity contribution is 5.93. The average molecular weight is 340 g/mol. The number of carbonyl (C=O) groups is 1. The van der Waals surface area contributed by atoms with E-state index < -0.39 is 5.97 Å².